The van der Waals surface area contributed by atoms with E-state index in [1.807, 2.05) is 12.5 Å². The second-order valence-electron chi connectivity index (χ2n) is 24.5. The van der Waals surface area contributed by atoms with Gasteiger partial charge in [0.2, 0.25) is 18.1 Å². The molecule has 0 radical (unpaired) electrons. The number of amides is 2. The van der Waals surface area contributed by atoms with Crippen molar-refractivity contribution in [3.05, 3.63) is 37.4 Å². The van der Waals surface area contributed by atoms with E-state index in [4.69, 9.17) is 5.73 Å². The van der Waals surface area contributed by atoms with Crippen LogP contribution < -0.4 is 10.3 Å². The summed E-state index contributed by atoms with van der Waals surface area (Å²) in [6, 6.07) is 0. The second-order valence-corrected chi connectivity index (χ2v) is 24.5. The highest BCUT2D eigenvalue weighted by Gasteiger charge is 2.78. The Labute approximate surface area is 334 Å². The number of aryl methyl sites for hydroxylation is 1. The first kappa shape index (κ1) is 42.0. The predicted molar refractivity (Wildman–Crippen MR) is 222 cm³/mol. The van der Waals surface area contributed by atoms with E-state index in [1.54, 1.807) is 0 Å². The second kappa shape index (κ2) is 12.0. The minimum absolute atomic E-state index is 0.00690. The lowest BCUT2D eigenvalue weighted by atomic mass is 9.47. The van der Waals surface area contributed by atoms with Crippen molar-refractivity contribution in [1.29, 1.82) is 0 Å². The molecule has 3 heterocycles. The zero-order valence-corrected chi connectivity index (χ0v) is 38.2. The Kier molecular flexibility index (Phi) is 9.13. The molecule has 55 heavy (non-hydrogen) atoms. The van der Waals surface area contributed by atoms with Crippen molar-refractivity contribution in [1.82, 2.24) is 19.0 Å². The van der Waals surface area contributed by atoms with E-state index in [-0.39, 0.29) is 60.4 Å². The molecule has 0 bridgehead atoms. The SMILES string of the molecule is C[n+]1ccn(C2(CC(C)(C)C3(C)CC3(CC(C)(C)C(C)(C)C(C)(CC(C)(C)C3(C)CC3(CC(C)(C)C)N3CCCC3=O)C(N)=O)n3ccnc3)CC2(C)C)c1. The predicted octanol–water partition coefficient (Wildman–Crippen LogP) is 9.41. The van der Waals surface area contributed by atoms with E-state index in [9.17, 15) is 9.59 Å². The van der Waals surface area contributed by atoms with E-state index in [0.29, 0.717) is 18.7 Å². The number of hydrogen-bond acceptors (Lipinski definition) is 3. The number of primary amides is 1. The lowest BCUT2D eigenvalue weighted by Crippen LogP contribution is -2.57. The molecule has 2 aromatic heterocycles. The molecule has 2 aromatic rings. The number of nitrogens with zero attached hydrogens (tertiary/aromatic N) is 5. The average molecular weight is 760 g/mol. The normalized spacial score (nSPS) is 33.5. The smallest absolute Gasteiger partial charge is 0.243 e. The molecule has 4 aliphatic rings. The fourth-order valence-corrected chi connectivity index (χ4v) is 13.3. The Morgan fingerprint density at radius 1 is 0.800 bits per heavy atom. The first-order valence-corrected chi connectivity index (χ1v) is 21.4. The summed E-state index contributed by atoms with van der Waals surface area (Å²) in [7, 11) is 2.11. The van der Waals surface area contributed by atoms with Crippen LogP contribution in [0.25, 0.3) is 0 Å². The van der Waals surface area contributed by atoms with Gasteiger partial charge in [0.05, 0.1) is 24.3 Å². The number of nitrogens with two attached hydrogens (primary N) is 1. The van der Waals surface area contributed by atoms with E-state index >= 15 is 0 Å². The highest BCUT2D eigenvalue weighted by atomic mass is 16.2. The summed E-state index contributed by atoms with van der Waals surface area (Å²) in [4.78, 5) is 34.5. The van der Waals surface area contributed by atoms with Crippen molar-refractivity contribution >= 4 is 11.8 Å². The van der Waals surface area contributed by atoms with Gasteiger partial charge in [-0.25, -0.2) is 14.1 Å². The van der Waals surface area contributed by atoms with Crippen LogP contribution in [0.4, 0.5) is 0 Å². The van der Waals surface area contributed by atoms with Gasteiger partial charge in [-0.2, -0.15) is 0 Å². The maximum Gasteiger partial charge on any atom is 0.243 e. The molecule has 6 unspecified atom stereocenters. The summed E-state index contributed by atoms with van der Waals surface area (Å²) in [6.45, 7) is 38.8. The first-order chi connectivity index (χ1) is 24.8. The minimum atomic E-state index is -0.822. The maximum atomic E-state index is 14.2. The van der Waals surface area contributed by atoms with Gasteiger partial charge in [-0.05, 0) is 82.9 Å². The standard InChI is InChI=1S/C47H78N6O2/c1-36(2,3)25-47(53-21-18-19-34(53)54)31-44(47,16)38(6,7)26-42(14,35(48)55)41(12,13)37(4,5)27-46(51-22-20-49-32-51)30-43(46,15)39(8,9)28-45(29-40(45,10)11)52-24-23-50(17)33-52/h20,22-24,32-33H,18-19,21,25-31H2,1-17H3,(H-,48,55)/p+1. The molecule has 3 aliphatic carbocycles. The van der Waals surface area contributed by atoms with Crippen LogP contribution in [-0.2, 0) is 27.7 Å². The van der Waals surface area contributed by atoms with E-state index in [1.165, 1.54) is 6.42 Å². The number of rotatable bonds is 15. The van der Waals surface area contributed by atoms with Crippen LogP contribution in [0.15, 0.2) is 37.4 Å². The fourth-order valence-electron chi connectivity index (χ4n) is 13.3. The lowest BCUT2D eigenvalue weighted by Gasteiger charge is -2.57. The molecule has 308 valence electrons. The van der Waals surface area contributed by atoms with E-state index < -0.39 is 10.8 Å². The van der Waals surface area contributed by atoms with Gasteiger partial charge in [0.15, 0.2) is 0 Å². The third-order valence-electron chi connectivity index (χ3n) is 18.5. The molecule has 4 fully saturated rings. The molecule has 2 amide bonds. The lowest BCUT2D eigenvalue weighted by molar-refractivity contribution is -0.671. The van der Waals surface area contributed by atoms with Crippen molar-refractivity contribution in [2.75, 3.05) is 6.54 Å². The van der Waals surface area contributed by atoms with Gasteiger partial charge in [-0.15, -0.1) is 0 Å². The largest absolute Gasteiger partial charge is 0.369 e. The summed E-state index contributed by atoms with van der Waals surface area (Å²) < 4.78 is 7.07. The van der Waals surface area contributed by atoms with Gasteiger partial charge in [0.25, 0.3) is 0 Å². The topological polar surface area (TPSA) is 90.0 Å². The molecule has 8 heteroatoms. The number of aromatic nitrogens is 4. The maximum absolute atomic E-state index is 14.2. The van der Waals surface area contributed by atoms with E-state index in [0.717, 1.165) is 45.1 Å². The molecule has 8 nitrogen and oxygen atoms in total. The number of likely N-dealkylation sites (tertiary alicyclic amines) is 1. The van der Waals surface area contributed by atoms with Crippen molar-refractivity contribution in [2.24, 2.45) is 61.5 Å². The number of hydrogen-bond donors (Lipinski definition) is 1. The summed E-state index contributed by atoms with van der Waals surface area (Å²) in [5.41, 5.74) is 4.58. The Morgan fingerprint density at radius 2 is 1.38 bits per heavy atom. The fraction of sp³-hybridized carbons (Fsp3) is 0.830. The molecule has 0 aromatic carbocycles. The van der Waals surface area contributed by atoms with Gasteiger partial charge in [-0.1, -0.05) is 111 Å². The van der Waals surface area contributed by atoms with Gasteiger partial charge in [0.1, 0.15) is 17.9 Å². The Balaban J connectivity index is 1.34. The summed E-state index contributed by atoms with van der Waals surface area (Å²) in [5, 5.41) is 0. The van der Waals surface area contributed by atoms with Crippen LogP contribution in [0.5, 0.6) is 0 Å². The minimum Gasteiger partial charge on any atom is -0.369 e. The Hall–Kier alpha value is -2.64. The molecule has 2 N–H and O–H groups in total. The summed E-state index contributed by atoms with van der Waals surface area (Å²) in [5.74, 6) is 0.0663. The molecular formula is C47H79N6O2+. The van der Waals surface area contributed by atoms with E-state index in [2.05, 4.69) is 166 Å². The number of carbonyl (C=O) groups is 2. The van der Waals surface area contributed by atoms with Gasteiger partial charge in [0, 0.05) is 42.7 Å². The Morgan fingerprint density at radius 3 is 1.84 bits per heavy atom. The highest BCUT2D eigenvalue weighted by Crippen LogP contribution is 2.79. The molecule has 6 atom stereocenters. The van der Waals surface area contributed by atoms with Crippen molar-refractivity contribution < 1.29 is 14.2 Å². The third kappa shape index (κ3) is 5.84. The number of carbonyl (C=O) groups excluding carboxylic acids is 2. The molecule has 0 spiro atoms. The Bertz CT molecular complexity index is 1830. The van der Waals surface area contributed by atoms with Crippen LogP contribution in [0.1, 0.15) is 169 Å². The van der Waals surface area contributed by atoms with Crippen molar-refractivity contribution in [2.45, 2.75) is 185 Å². The summed E-state index contributed by atoms with van der Waals surface area (Å²) >= 11 is 0. The zero-order valence-electron chi connectivity index (χ0n) is 38.2. The molecule has 6 rings (SSSR count). The van der Waals surface area contributed by atoms with Crippen LogP contribution in [0, 0.1) is 48.7 Å². The van der Waals surface area contributed by atoms with Crippen LogP contribution in [-0.4, -0.2) is 42.9 Å². The summed E-state index contributed by atoms with van der Waals surface area (Å²) in [6.07, 6.45) is 21.2. The molecule has 3 saturated carbocycles. The first-order valence-electron chi connectivity index (χ1n) is 21.4. The monoisotopic (exact) mass is 760 g/mol. The van der Waals surface area contributed by atoms with Gasteiger partial charge in [-0.3, -0.25) is 9.59 Å². The van der Waals surface area contributed by atoms with Gasteiger partial charge < -0.3 is 15.2 Å². The third-order valence-corrected chi connectivity index (χ3v) is 18.5. The van der Waals surface area contributed by atoms with Crippen molar-refractivity contribution in [3.63, 3.8) is 0 Å². The zero-order chi connectivity index (χ0) is 41.5. The van der Waals surface area contributed by atoms with Crippen LogP contribution in [0.2, 0.25) is 0 Å². The highest BCUT2D eigenvalue weighted by molar-refractivity contribution is 5.82. The molecule has 1 aliphatic heterocycles. The van der Waals surface area contributed by atoms with Crippen LogP contribution >= 0.6 is 0 Å². The molecule has 1 saturated heterocycles. The van der Waals surface area contributed by atoms with Crippen molar-refractivity contribution in [3.8, 4) is 0 Å². The van der Waals surface area contributed by atoms with Gasteiger partial charge >= 0.3 is 0 Å². The van der Waals surface area contributed by atoms with Crippen LogP contribution in [0.3, 0.4) is 0 Å². The average Bonchev–Trinajstić information content (AvgIpc) is 3.62. The molecular weight excluding hydrogens is 681 g/mol. The quantitative estimate of drug-likeness (QED) is 0.184. The number of imidazole rings is 2.